The minimum atomic E-state index is -0.677. The Bertz CT molecular complexity index is 497. The van der Waals surface area contributed by atoms with E-state index < -0.39 is 17.2 Å². The van der Waals surface area contributed by atoms with Crippen LogP contribution in [0.25, 0.3) is 0 Å². The molecule has 80 valence electrons. The van der Waals surface area contributed by atoms with Crippen molar-refractivity contribution in [2.45, 2.75) is 6.04 Å². The van der Waals surface area contributed by atoms with Gasteiger partial charge in [0.15, 0.2) is 0 Å². The van der Waals surface area contributed by atoms with Crippen LogP contribution in [-0.4, -0.2) is 39.9 Å². The minimum Gasteiger partial charge on any atom is -0.335 e. The lowest BCUT2D eigenvalue weighted by Gasteiger charge is -2.36. The third-order valence-electron chi connectivity index (χ3n) is 2.25. The SMILES string of the molecule is NC1CN(C(=O)c2c[nH]c(=O)[nH]c2=O)C1. The van der Waals surface area contributed by atoms with Crippen LogP contribution in [0.15, 0.2) is 15.8 Å². The van der Waals surface area contributed by atoms with Gasteiger partial charge < -0.3 is 15.6 Å². The molecule has 15 heavy (non-hydrogen) atoms. The lowest BCUT2D eigenvalue weighted by molar-refractivity contribution is 0.0605. The number of carbonyl (C=O) groups is 1. The van der Waals surface area contributed by atoms with E-state index in [9.17, 15) is 14.4 Å². The second kappa shape index (κ2) is 3.35. The van der Waals surface area contributed by atoms with E-state index in [2.05, 4.69) is 4.98 Å². The fraction of sp³-hybridized carbons (Fsp3) is 0.375. The van der Waals surface area contributed by atoms with Crippen LogP contribution < -0.4 is 17.0 Å². The molecule has 0 unspecified atom stereocenters. The normalized spacial score (nSPS) is 16.2. The number of nitrogens with zero attached hydrogens (tertiary/aromatic N) is 1. The number of carbonyl (C=O) groups excluding carboxylic acids is 1. The zero-order valence-corrected chi connectivity index (χ0v) is 7.82. The Morgan fingerprint density at radius 2 is 2.13 bits per heavy atom. The van der Waals surface area contributed by atoms with E-state index in [1.165, 1.54) is 4.90 Å². The molecule has 1 amide bonds. The maximum Gasteiger partial charge on any atom is 0.325 e. The Kier molecular flexibility index (Phi) is 2.16. The van der Waals surface area contributed by atoms with Gasteiger partial charge in [0.2, 0.25) is 0 Å². The second-order valence-corrected chi connectivity index (χ2v) is 3.46. The number of H-pyrrole nitrogens is 2. The number of amides is 1. The average Bonchev–Trinajstić information content (AvgIpc) is 2.12. The van der Waals surface area contributed by atoms with Crippen molar-refractivity contribution in [2.24, 2.45) is 5.73 Å². The summed E-state index contributed by atoms with van der Waals surface area (Å²) < 4.78 is 0. The van der Waals surface area contributed by atoms with Gasteiger partial charge in [0.25, 0.3) is 11.5 Å². The van der Waals surface area contributed by atoms with Gasteiger partial charge in [-0.05, 0) is 0 Å². The lowest BCUT2D eigenvalue weighted by Crippen LogP contribution is -2.58. The molecule has 1 saturated heterocycles. The van der Waals surface area contributed by atoms with Gasteiger partial charge in [-0.25, -0.2) is 4.79 Å². The highest BCUT2D eigenvalue weighted by Gasteiger charge is 2.29. The van der Waals surface area contributed by atoms with E-state index >= 15 is 0 Å². The van der Waals surface area contributed by atoms with Crippen LogP contribution in [0.4, 0.5) is 0 Å². The largest absolute Gasteiger partial charge is 0.335 e. The van der Waals surface area contributed by atoms with Gasteiger partial charge in [-0.2, -0.15) is 0 Å². The molecule has 0 spiro atoms. The van der Waals surface area contributed by atoms with Crippen LogP contribution in [0.3, 0.4) is 0 Å². The van der Waals surface area contributed by atoms with Gasteiger partial charge in [-0.3, -0.25) is 14.6 Å². The van der Waals surface area contributed by atoms with Crippen LogP contribution in [0.2, 0.25) is 0 Å². The predicted molar refractivity (Wildman–Crippen MR) is 51.6 cm³/mol. The number of nitrogens with one attached hydrogen (secondary N) is 2. The first-order valence-electron chi connectivity index (χ1n) is 4.45. The molecule has 7 nitrogen and oxygen atoms in total. The van der Waals surface area contributed by atoms with Crippen molar-refractivity contribution in [2.75, 3.05) is 13.1 Å². The van der Waals surface area contributed by atoms with Crippen molar-refractivity contribution in [3.63, 3.8) is 0 Å². The maximum absolute atomic E-state index is 11.6. The maximum atomic E-state index is 11.6. The summed E-state index contributed by atoms with van der Waals surface area (Å²) in [5, 5.41) is 0. The molecule has 0 atom stereocenters. The molecule has 1 aliphatic heterocycles. The van der Waals surface area contributed by atoms with Gasteiger partial charge in [-0.1, -0.05) is 0 Å². The number of aromatic nitrogens is 2. The summed E-state index contributed by atoms with van der Waals surface area (Å²) in [7, 11) is 0. The number of aromatic amines is 2. The Morgan fingerprint density at radius 1 is 1.47 bits per heavy atom. The van der Waals surface area contributed by atoms with E-state index in [0.717, 1.165) is 6.20 Å². The van der Waals surface area contributed by atoms with Crippen LogP contribution in [-0.2, 0) is 0 Å². The Balaban J connectivity index is 2.27. The number of hydrogen-bond donors (Lipinski definition) is 3. The summed E-state index contributed by atoms with van der Waals surface area (Å²) in [6.45, 7) is 0.884. The van der Waals surface area contributed by atoms with Crippen molar-refractivity contribution < 1.29 is 4.79 Å². The van der Waals surface area contributed by atoms with Crippen molar-refractivity contribution in [3.8, 4) is 0 Å². The standard InChI is InChI=1S/C8H10N4O3/c9-4-2-12(3-4)7(14)5-1-10-8(15)11-6(5)13/h1,4H,2-3,9H2,(H2,10,11,13,15). The van der Waals surface area contributed by atoms with E-state index in [-0.39, 0.29) is 11.6 Å². The smallest absolute Gasteiger partial charge is 0.325 e. The molecular weight excluding hydrogens is 200 g/mol. The number of likely N-dealkylation sites (tertiary alicyclic amines) is 1. The fourth-order valence-corrected chi connectivity index (χ4v) is 1.42. The molecule has 7 heteroatoms. The molecule has 1 fully saturated rings. The van der Waals surface area contributed by atoms with Gasteiger partial charge in [0, 0.05) is 25.3 Å². The monoisotopic (exact) mass is 210 g/mol. The molecule has 0 aliphatic carbocycles. The molecule has 2 heterocycles. The zero-order valence-electron chi connectivity index (χ0n) is 7.82. The third-order valence-corrected chi connectivity index (χ3v) is 2.25. The Hall–Kier alpha value is -1.89. The van der Waals surface area contributed by atoms with Gasteiger partial charge in [0.05, 0.1) is 0 Å². The van der Waals surface area contributed by atoms with Crippen molar-refractivity contribution in [3.05, 3.63) is 32.6 Å². The van der Waals surface area contributed by atoms with Gasteiger partial charge in [-0.15, -0.1) is 0 Å². The van der Waals surface area contributed by atoms with E-state index in [1.54, 1.807) is 0 Å². The highest BCUT2D eigenvalue weighted by Crippen LogP contribution is 2.08. The second-order valence-electron chi connectivity index (χ2n) is 3.46. The lowest BCUT2D eigenvalue weighted by atomic mass is 10.1. The molecule has 1 aromatic rings. The molecule has 2 rings (SSSR count). The summed E-state index contributed by atoms with van der Waals surface area (Å²) in [4.78, 5) is 39.3. The zero-order chi connectivity index (χ0) is 11.0. The Morgan fingerprint density at radius 3 is 2.67 bits per heavy atom. The molecule has 0 bridgehead atoms. The Labute approximate surface area is 83.9 Å². The summed E-state index contributed by atoms with van der Waals surface area (Å²) in [6.07, 6.45) is 1.12. The number of hydrogen-bond acceptors (Lipinski definition) is 4. The fourth-order valence-electron chi connectivity index (χ4n) is 1.42. The molecule has 1 aliphatic rings. The number of rotatable bonds is 1. The third kappa shape index (κ3) is 1.68. The van der Waals surface area contributed by atoms with Gasteiger partial charge in [0.1, 0.15) is 5.56 Å². The van der Waals surface area contributed by atoms with E-state index in [1.807, 2.05) is 4.98 Å². The average molecular weight is 210 g/mol. The van der Waals surface area contributed by atoms with E-state index in [0.29, 0.717) is 13.1 Å². The van der Waals surface area contributed by atoms with Crippen molar-refractivity contribution >= 4 is 5.91 Å². The highest BCUT2D eigenvalue weighted by atomic mass is 16.2. The molecule has 1 aromatic heterocycles. The molecule has 0 radical (unpaired) electrons. The quantitative estimate of drug-likeness (QED) is 0.490. The molecule has 0 aromatic carbocycles. The van der Waals surface area contributed by atoms with Crippen LogP contribution in [0.5, 0.6) is 0 Å². The molecule has 4 N–H and O–H groups in total. The van der Waals surface area contributed by atoms with Crippen LogP contribution in [0, 0.1) is 0 Å². The first kappa shape index (κ1) is 9.66. The van der Waals surface area contributed by atoms with E-state index in [4.69, 9.17) is 5.73 Å². The number of nitrogens with two attached hydrogens (primary N) is 1. The van der Waals surface area contributed by atoms with Gasteiger partial charge >= 0.3 is 5.69 Å². The summed E-state index contributed by atoms with van der Waals surface area (Å²) in [6, 6.07) is -0.0178. The summed E-state index contributed by atoms with van der Waals surface area (Å²) >= 11 is 0. The molecular formula is C8H10N4O3. The summed E-state index contributed by atoms with van der Waals surface area (Å²) in [5.41, 5.74) is 4.14. The van der Waals surface area contributed by atoms with Crippen LogP contribution >= 0.6 is 0 Å². The first-order chi connectivity index (χ1) is 7.08. The highest BCUT2D eigenvalue weighted by molar-refractivity contribution is 5.94. The predicted octanol–water partition coefficient (Wildman–Crippen LogP) is -2.15. The van der Waals surface area contributed by atoms with Crippen LogP contribution in [0.1, 0.15) is 10.4 Å². The topological polar surface area (TPSA) is 112 Å². The minimum absolute atomic E-state index is 0.0178. The van der Waals surface area contributed by atoms with Crippen molar-refractivity contribution in [1.82, 2.24) is 14.9 Å². The first-order valence-corrected chi connectivity index (χ1v) is 4.45. The summed E-state index contributed by atoms with van der Waals surface area (Å²) in [5.74, 6) is -0.408. The van der Waals surface area contributed by atoms with Crippen molar-refractivity contribution in [1.29, 1.82) is 0 Å². The molecule has 0 saturated carbocycles.